The monoisotopic (exact) mass is 310 g/mol. The van der Waals surface area contributed by atoms with Crippen molar-refractivity contribution < 1.29 is 18.3 Å². The zero-order valence-corrected chi connectivity index (χ0v) is 12.6. The zero-order valence-electron chi connectivity index (χ0n) is 12.6. The average Bonchev–Trinajstić information content (AvgIpc) is 2.86. The summed E-state index contributed by atoms with van der Waals surface area (Å²) >= 11 is 0. The van der Waals surface area contributed by atoms with Crippen LogP contribution in [0.5, 0.6) is 0 Å². The van der Waals surface area contributed by atoms with Crippen molar-refractivity contribution in [1.29, 1.82) is 0 Å². The topological polar surface area (TPSA) is 48.6 Å². The number of furan rings is 1. The minimum absolute atomic E-state index is 0.154. The molecule has 0 amide bonds. The maximum atomic E-state index is 13.7. The van der Waals surface area contributed by atoms with Crippen LogP contribution in [-0.4, -0.2) is 43.3 Å². The van der Waals surface area contributed by atoms with Gasteiger partial charge in [-0.1, -0.05) is 6.07 Å². The van der Waals surface area contributed by atoms with Crippen LogP contribution in [-0.2, 0) is 6.54 Å². The van der Waals surface area contributed by atoms with Gasteiger partial charge < -0.3 is 19.7 Å². The van der Waals surface area contributed by atoms with Crippen LogP contribution in [0.4, 0.5) is 8.78 Å². The Hall–Kier alpha value is -1.76. The van der Waals surface area contributed by atoms with Gasteiger partial charge in [0.2, 0.25) is 0 Å². The number of likely N-dealkylation sites (N-methyl/N-ethyl adjacent to an activating group) is 1. The molecule has 0 bridgehead atoms. The molecule has 1 atom stereocenters. The molecule has 0 aliphatic rings. The molecular weight excluding hydrogens is 290 g/mol. The Balaban J connectivity index is 1.95. The number of benzene rings is 1. The summed E-state index contributed by atoms with van der Waals surface area (Å²) < 4.78 is 32.8. The molecule has 1 aromatic heterocycles. The summed E-state index contributed by atoms with van der Waals surface area (Å²) in [6.45, 7) is 1.33. The van der Waals surface area contributed by atoms with Gasteiger partial charge in [0.15, 0.2) is 0 Å². The maximum Gasteiger partial charge on any atom is 0.140 e. The van der Waals surface area contributed by atoms with E-state index in [-0.39, 0.29) is 11.3 Å². The molecule has 6 heteroatoms. The fourth-order valence-corrected chi connectivity index (χ4v) is 2.19. The lowest BCUT2D eigenvalue weighted by Gasteiger charge is -2.15. The van der Waals surface area contributed by atoms with E-state index >= 15 is 0 Å². The van der Waals surface area contributed by atoms with Crippen LogP contribution in [0.3, 0.4) is 0 Å². The highest BCUT2D eigenvalue weighted by Gasteiger charge is 2.14. The summed E-state index contributed by atoms with van der Waals surface area (Å²) in [6, 6.07) is 6.89. The highest BCUT2D eigenvalue weighted by atomic mass is 19.1. The molecule has 0 radical (unpaired) electrons. The Labute approximate surface area is 128 Å². The molecule has 0 saturated heterocycles. The highest BCUT2D eigenvalue weighted by molar-refractivity contribution is 5.59. The molecule has 4 nitrogen and oxygen atoms in total. The number of halogens is 2. The van der Waals surface area contributed by atoms with Gasteiger partial charge in [0.25, 0.3) is 0 Å². The first kappa shape index (κ1) is 16.6. The van der Waals surface area contributed by atoms with E-state index in [4.69, 9.17) is 4.42 Å². The predicted octanol–water partition coefficient (Wildman–Crippen LogP) is 2.24. The summed E-state index contributed by atoms with van der Waals surface area (Å²) in [4.78, 5) is 1.89. The van der Waals surface area contributed by atoms with Crippen LogP contribution in [0.25, 0.3) is 11.3 Å². The summed E-state index contributed by atoms with van der Waals surface area (Å²) in [5, 5.41) is 12.8. The quantitative estimate of drug-likeness (QED) is 0.823. The third-order valence-electron chi connectivity index (χ3n) is 3.13. The number of rotatable bonds is 7. The molecule has 2 N–H and O–H groups in total. The number of aliphatic hydroxyl groups is 1. The van der Waals surface area contributed by atoms with Crippen molar-refractivity contribution in [3.63, 3.8) is 0 Å². The van der Waals surface area contributed by atoms with E-state index in [0.717, 1.165) is 0 Å². The van der Waals surface area contributed by atoms with Gasteiger partial charge in [-0.05, 0) is 38.4 Å². The third-order valence-corrected chi connectivity index (χ3v) is 3.13. The van der Waals surface area contributed by atoms with E-state index in [1.54, 1.807) is 6.07 Å². The van der Waals surface area contributed by atoms with Gasteiger partial charge in [0.05, 0.1) is 18.2 Å². The Morgan fingerprint density at radius 2 is 1.86 bits per heavy atom. The van der Waals surface area contributed by atoms with Crippen LogP contribution >= 0.6 is 0 Å². The lowest BCUT2D eigenvalue weighted by Crippen LogP contribution is -2.34. The molecule has 120 valence electrons. The molecule has 0 fully saturated rings. The fraction of sp³-hybridized carbons (Fsp3) is 0.375. The largest absolute Gasteiger partial charge is 0.460 e. The molecular formula is C16H20F2N2O2. The van der Waals surface area contributed by atoms with Gasteiger partial charge in [-0.25, -0.2) is 8.78 Å². The summed E-state index contributed by atoms with van der Waals surface area (Å²) in [7, 11) is 3.76. The van der Waals surface area contributed by atoms with Gasteiger partial charge in [0.1, 0.15) is 23.2 Å². The van der Waals surface area contributed by atoms with Crippen molar-refractivity contribution in [2.45, 2.75) is 12.6 Å². The van der Waals surface area contributed by atoms with Crippen molar-refractivity contribution in [2.24, 2.45) is 0 Å². The Morgan fingerprint density at radius 1 is 1.18 bits per heavy atom. The zero-order chi connectivity index (χ0) is 16.1. The average molecular weight is 310 g/mol. The van der Waals surface area contributed by atoms with Crippen LogP contribution < -0.4 is 5.32 Å². The first-order chi connectivity index (χ1) is 10.5. The molecule has 0 aliphatic heterocycles. The Bertz CT molecular complexity index is 594. The molecule has 0 saturated carbocycles. The van der Waals surface area contributed by atoms with Crippen LogP contribution in [0.15, 0.2) is 34.7 Å². The molecule has 2 aromatic rings. The van der Waals surface area contributed by atoms with Gasteiger partial charge in [-0.15, -0.1) is 0 Å². The molecule has 22 heavy (non-hydrogen) atoms. The third kappa shape index (κ3) is 4.37. The first-order valence-electron chi connectivity index (χ1n) is 7.04. The number of nitrogens with one attached hydrogen (secondary N) is 1. The maximum absolute atomic E-state index is 13.7. The second kappa shape index (κ2) is 7.49. The van der Waals surface area contributed by atoms with E-state index in [2.05, 4.69) is 5.32 Å². The van der Waals surface area contributed by atoms with Crippen molar-refractivity contribution >= 4 is 0 Å². The predicted molar refractivity (Wildman–Crippen MR) is 80.3 cm³/mol. The normalized spacial score (nSPS) is 12.8. The Morgan fingerprint density at radius 3 is 2.50 bits per heavy atom. The van der Waals surface area contributed by atoms with E-state index in [1.165, 1.54) is 24.3 Å². The van der Waals surface area contributed by atoms with Gasteiger partial charge in [-0.3, -0.25) is 0 Å². The van der Waals surface area contributed by atoms with Gasteiger partial charge in [-0.2, -0.15) is 0 Å². The van der Waals surface area contributed by atoms with E-state index in [9.17, 15) is 13.9 Å². The lowest BCUT2D eigenvalue weighted by molar-refractivity contribution is 0.134. The van der Waals surface area contributed by atoms with Crippen molar-refractivity contribution in [2.75, 3.05) is 27.2 Å². The summed E-state index contributed by atoms with van der Waals surface area (Å²) in [5.74, 6) is -0.610. The minimum atomic E-state index is -0.657. The van der Waals surface area contributed by atoms with Gasteiger partial charge in [0, 0.05) is 13.1 Å². The Kier molecular flexibility index (Phi) is 5.65. The molecule has 0 spiro atoms. The van der Waals surface area contributed by atoms with E-state index in [1.807, 2.05) is 19.0 Å². The fourth-order valence-electron chi connectivity index (χ4n) is 2.19. The summed E-state index contributed by atoms with van der Waals surface area (Å²) in [6.07, 6.45) is -0.492. The van der Waals surface area contributed by atoms with Crippen molar-refractivity contribution in [3.8, 4) is 11.3 Å². The van der Waals surface area contributed by atoms with Crippen molar-refractivity contribution in [1.82, 2.24) is 10.2 Å². The second-order valence-electron chi connectivity index (χ2n) is 5.41. The molecule has 1 aromatic carbocycles. The number of aliphatic hydroxyl groups excluding tert-OH is 1. The number of hydrogen-bond acceptors (Lipinski definition) is 4. The van der Waals surface area contributed by atoms with E-state index < -0.39 is 17.7 Å². The molecule has 1 heterocycles. The van der Waals surface area contributed by atoms with Crippen molar-refractivity contribution in [3.05, 3.63) is 47.7 Å². The number of hydrogen-bond donors (Lipinski definition) is 2. The SMILES string of the molecule is CN(C)CC(O)CNCc1ccc(-c2c(F)cccc2F)o1. The van der Waals surface area contributed by atoms with Crippen LogP contribution in [0.1, 0.15) is 5.76 Å². The minimum Gasteiger partial charge on any atom is -0.460 e. The number of nitrogens with zero attached hydrogens (tertiary/aromatic N) is 1. The first-order valence-corrected chi connectivity index (χ1v) is 7.04. The molecule has 2 rings (SSSR count). The van der Waals surface area contributed by atoms with Gasteiger partial charge >= 0.3 is 0 Å². The van der Waals surface area contributed by atoms with Crippen LogP contribution in [0.2, 0.25) is 0 Å². The highest BCUT2D eigenvalue weighted by Crippen LogP contribution is 2.27. The second-order valence-corrected chi connectivity index (χ2v) is 5.41. The molecule has 1 unspecified atom stereocenters. The van der Waals surface area contributed by atoms with E-state index in [0.29, 0.717) is 25.4 Å². The lowest BCUT2D eigenvalue weighted by atomic mass is 10.1. The standard InChI is InChI=1S/C16H20F2N2O2/c1-20(2)10-11(21)8-19-9-12-6-7-15(22-12)16-13(17)4-3-5-14(16)18/h3-7,11,19,21H,8-10H2,1-2H3. The summed E-state index contributed by atoms with van der Waals surface area (Å²) in [5.41, 5.74) is -0.165. The van der Waals surface area contributed by atoms with Crippen LogP contribution in [0, 0.1) is 11.6 Å². The molecule has 0 aliphatic carbocycles. The smallest absolute Gasteiger partial charge is 0.140 e.